The fourth-order valence-electron chi connectivity index (χ4n) is 2.04. The Hall–Kier alpha value is -1.36. The summed E-state index contributed by atoms with van der Waals surface area (Å²) in [5.41, 5.74) is 2.90. The minimum absolute atomic E-state index is 0.651. The summed E-state index contributed by atoms with van der Waals surface area (Å²) < 4.78 is 4.01. The molecular formula is C17H11Br2ClN2. The number of benzene rings is 2. The summed E-state index contributed by atoms with van der Waals surface area (Å²) in [5.74, 6) is 0. The Morgan fingerprint density at radius 3 is 2.50 bits per heavy atom. The molecule has 0 saturated carbocycles. The zero-order valence-electron chi connectivity index (χ0n) is 11.4. The lowest BCUT2D eigenvalue weighted by molar-refractivity contribution is 1.07. The Bertz CT molecular complexity index is 823. The average Bonchev–Trinajstić information content (AvgIpc) is 2.98. The lowest BCUT2D eigenvalue weighted by atomic mass is 10.3. The first kappa shape index (κ1) is 15.5. The number of nitrogens with zero attached hydrogens (tertiary/aromatic N) is 2. The maximum Gasteiger partial charge on any atom is 0.0646 e. The van der Waals surface area contributed by atoms with Gasteiger partial charge in [-0.25, -0.2) is 0 Å². The van der Waals surface area contributed by atoms with Gasteiger partial charge in [0, 0.05) is 20.8 Å². The highest BCUT2D eigenvalue weighted by Crippen LogP contribution is 2.27. The topological polar surface area (TPSA) is 17.3 Å². The molecule has 2 nitrogen and oxygen atoms in total. The van der Waals surface area contributed by atoms with E-state index in [1.807, 2.05) is 54.9 Å². The molecule has 0 aliphatic rings. The van der Waals surface area contributed by atoms with E-state index in [0.29, 0.717) is 5.02 Å². The van der Waals surface area contributed by atoms with Crippen molar-refractivity contribution in [1.82, 2.24) is 4.57 Å². The highest BCUT2D eigenvalue weighted by molar-refractivity contribution is 9.10. The van der Waals surface area contributed by atoms with Crippen molar-refractivity contribution in [1.29, 1.82) is 0 Å². The van der Waals surface area contributed by atoms with Gasteiger partial charge in [0.2, 0.25) is 0 Å². The van der Waals surface area contributed by atoms with Crippen LogP contribution in [0, 0.1) is 0 Å². The van der Waals surface area contributed by atoms with E-state index in [4.69, 9.17) is 11.6 Å². The zero-order chi connectivity index (χ0) is 15.5. The number of rotatable bonds is 3. The van der Waals surface area contributed by atoms with Gasteiger partial charge in [0.25, 0.3) is 0 Å². The Morgan fingerprint density at radius 2 is 1.77 bits per heavy atom. The number of hydrogen-bond donors (Lipinski definition) is 0. The minimum atomic E-state index is 0.651. The van der Waals surface area contributed by atoms with Crippen LogP contribution < -0.4 is 0 Å². The number of hydrogen-bond acceptors (Lipinski definition) is 1. The Balaban J connectivity index is 1.90. The van der Waals surface area contributed by atoms with Gasteiger partial charge in [-0.2, -0.15) is 0 Å². The van der Waals surface area contributed by atoms with Gasteiger partial charge in [-0.3, -0.25) is 4.99 Å². The predicted molar refractivity (Wildman–Crippen MR) is 99.9 cm³/mol. The Kier molecular flexibility index (Phi) is 4.81. The lowest BCUT2D eigenvalue weighted by Crippen LogP contribution is -1.97. The molecule has 3 rings (SSSR count). The largest absolute Gasteiger partial charge is 0.316 e. The van der Waals surface area contributed by atoms with Crippen LogP contribution in [0.5, 0.6) is 0 Å². The standard InChI is InChI=1S/C17H11Br2ClN2/c18-12-3-6-14(7-4-12)22-9-1-2-15(22)11-21-13-5-8-16(19)17(20)10-13/h1-11H. The molecule has 0 unspecified atom stereocenters. The molecule has 0 aliphatic carbocycles. The van der Waals surface area contributed by atoms with Crippen molar-refractivity contribution in [3.8, 4) is 5.69 Å². The summed E-state index contributed by atoms with van der Waals surface area (Å²) in [5, 5.41) is 0.651. The normalized spacial score (nSPS) is 11.2. The molecule has 22 heavy (non-hydrogen) atoms. The SMILES string of the molecule is Clc1cc(N=Cc2cccn2-c2ccc(Br)cc2)ccc1Br. The molecule has 0 aliphatic heterocycles. The van der Waals surface area contributed by atoms with E-state index in [0.717, 1.165) is 26.0 Å². The van der Waals surface area contributed by atoms with E-state index in [1.165, 1.54) is 0 Å². The van der Waals surface area contributed by atoms with Gasteiger partial charge in [-0.15, -0.1) is 0 Å². The van der Waals surface area contributed by atoms with Crippen LogP contribution in [0.1, 0.15) is 5.69 Å². The first-order chi connectivity index (χ1) is 10.6. The van der Waals surface area contributed by atoms with Crippen molar-refractivity contribution >= 4 is 55.4 Å². The van der Waals surface area contributed by atoms with Gasteiger partial charge in [-0.05, 0) is 70.5 Å². The Morgan fingerprint density at radius 1 is 1.00 bits per heavy atom. The lowest BCUT2D eigenvalue weighted by Gasteiger charge is -2.06. The van der Waals surface area contributed by atoms with Gasteiger partial charge in [-0.1, -0.05) is 27.5 Å². The minimum Gasteiger partial charge on any atom is -0.316 e. The van der Waals surface area contributed by atoms with Crippen molar-refractivity contribution in [3.63, 3.8) is 0 Å². The maximum absolute atomic E-state index is 6.09. The fraction of sp³-hybridized carbons (Fsp3) is 0. The molecule has 2 aromatic carbocycles. The van der Waals surface area contributed by atoms with Gasteiger partial charge < -0.3 is 4.57 Å². The molecule has 3 aromatic rings. The molecule has 0 spiro atoms. The average molecular weight is 439 g/mol. The van der Waals surface area contributed by atoms with Gasteiger partial charge >= 0.3 is 0 Å². The first-order valence-electron chi connectivity index (χ1n) is 6.56. The molecule has 0 fully saturated rings. The number of aromatic nitrogens is 1. The third-order valence-electron chi connectivity index (χ3n) is 3.13. The van der Waals surface area contributed by atoms with E-state index in [-0.39, 0.29) is 0 Å². The van der Waals surface area contributed by atoms with Crippen molar-refractivity contribution in [2.24, 2.45) is 4.99 Å². The van der Waals surface area contributed by atoms with Crippen LogP contribution in [0.4, 0.5) is 5.69 Å². The molecular weight excluding hydrogens is 427 g/mol. The summed E-state index contributed by atoms with van der Waals surface area (Å²) in [4.78, 5) is 4.49. The van der Waals surface area contributed by atoms with Crippen LogP contribution in [0.2, 0.25) is 5.02 Å². The summed E-state index contributed by atoms with van der Waals surface area (Å²) in [6.45, 7) is 0. The van der Waals surface area contributed by atoms with Gasteiger partial charge in [0.1, 0.15) is 0 Å². The molecule has 0 N–H and O–H groups in total. The van der Waals surface area contributed by atoms with Crippen molar-refractivity contribution in [2.75, 3.05) is 0 Å². The van der Waals surface area contributed by atoms with Crippen LogP contribution >= 0.6 is 43.5 Å². The van der Waals surface area contributed by atoms with Crippen LogP contribution in [0.15, 0.2) is 74.7 Å². The molecule has 0 radical (unpaired) electrons. The van der Waals surface area contributed by atoms with Crippen molar-refractivity contribution in [2.45, 2.75) is 0 Å². The first-order valence-corrected chi connectivity index (χ1v) is 8.52. The van der Waals surface area contributed by atoms with Crippen LogP contribution in [-0.2, 0) is 0 Å². The fourth-order valence-corrected chi connectivity index (χ4v) is 2.73. The highest BCUT2D eigenvalue weighted by atomic mass is 79.9. The smallest absolute Gasteiger partial charge is 0.0646 e. The molecule has 1 heterocycles. The summed E-state index contributed by atoms with van der Waals surface area (Å²) in [6, 6.07) is 17.8. The molecule has 0 amide bonds. The van der Waals surface area contributed by atoms with Crippen molar-refractivity contribution in [3.05, 3.63) is 80.5 Å². The second kappa shape index (κ2) is 6.82. The molecule has 0 atom stereocenters. The molecule has 0 bridgehead atoms. The second-order valence-corrected chi connectivity index (χ2v) is 6.81. The summed E-state index contributed by atoms with van der Waals surface area (Å²) >= 11 is 12.9. The maximum atomic E-state index is 6.09. The number of halogens is 3. The monoisotopic (exact) mass is 436 g/mol. The van der Waals surface area contributed by atoms with Gasteiger partial charge in [0.15, 0.2) is 0 Å². The third kappa shape index (κ3) is 3.51. The van der Waals surface area contributed by atoms with Crippen LogP contribution in [-0.4, -0.2) is 10.8 Å². The molecule has 110 valence electrons. The summed E-state index contributed by atoms with van der Waals surface area (Å²) in [7, 11) is 0. The van der Waals surface area contributed by atoms with E-state index < -0.39 is 0 Å². The van der Waals surface area contributed by atoms with Crippen molar-refractivity contribution < 1.29 is 0 Å². The summed E-state index contributed by atoms with van der Waals surface area (Å²) in [6.07, 6.45) is 3.85. The van der Waals surface area contributed by atoms with E-state index in [9.17, 15) is 0 Å². The zero-order valence-corrected chi connectivity index (χ0v) is 15.3. The number of aliphatic imine (C=N–C) groups is 1. The molecule has 0 saturated heterocycles. The molecule has 1 aromatic heterocycles. The second-order valence-electron chi connectivity index (χ2n) is 4.64. The van der Waals surface area contributed by atoms with E-state index in [2.05, 4.69) is 53.6 Å². The quantitative estimate of drug-likeness (QED) is 0.421. The van der Waals surface area contributed by atoms with Crippen LogP contribution in [0.3, 0.4) is 0 Å². The van der Waals surface area contributed by atoms with E-state index in [1.54, 1.807) is 0 Å². The van der Waals surface area contributed by atoms with Crippen LogP contribution in [0.25, 0.3) is 5.69 Å². The van der Waals surface area contributed by atoms with E-state index >= 15 is 0 Å². The predicted octanol–water partition coefficient (Wildman–Crippen LogP) is 6.41. The van der Waals surface area contributed by atoms with Gasteiger partial charge in [0.05, 0.1) is 22.6 Å². The Labute approximate surface area is 150 Å². The highest BCUT2D eigenvalue weighted by Gasteiger charge is 2.02. The third-order valence-corrected chi connectivity index (χ3v) is 4.90. The molecule has 5 heteroatoms.